The quantitative estimate of drug-likeness (QED) is 0.604. The van der Waals surface area contributed by atoms with E-state index >= 15 is 0 Å². The molecule has 0 heteroatoms. The van der Waals surface area contributed by atoms with Gasteiger partial charge in [0.25, 0.3) is 0 Å². The van der Waals surface area contributed by atoms with Gasteiger partial charge in [-0.1, -0.05) is 29.3 Å². The highest BCUT2D eigenvalue weighted by molar-refractivity contribution is 5.74. The number of aryl methyl sites for hydroxylation is 2. The van der Waals surface area contributed by atoms with E-state index in [0.29, 0.717) is 0 Å². The number of hydrogen-bond donors (Lipinski definition) is 0. The average Bonchev–Trinajstić information content (AvgIpc) is 2.85. The Labute approximate surface area is 80.3 Å². The Balaban J connectivity index is 2.46. The molecule has 1 radical (unpaired) electrons. The van der Waals surface area contributed by atoms with Gasteiger partial charge in [-0.2, -0.15) is 0 Å². The summed E-state index contributed by atoms with van der Waals surface area (Å²) in [5.41, 5.74) is 7.13. The third-order valence-electron chi connectivity index (χ3n) is 2.68. The second-order valence-electron chi connectivity index (χ2n) is 3.88. The largest absolute Gasteiger partial charge is 0.0620 e. The van der Waals surface area contributed by atoms with E-state index in [0.717, 1.165) is 0 Å². The number of benzene rings is 1. The Morgan fingerprint density at radius 1 is 1.23 bits per heavy atom. The van der Waals surface area contributed by atoms with Crippen LogP contribution in [0.25, 0.3) is 5.57 Å². The lowest BCUT2D eigenvalue weighted by Gasteiger charge is -2.06. The molecule has 1 saturated carbocycles. The molecule has 0 amide bonds. The molecular weight excluding hydrogens is 156 g/mol. The normalized spacial score (nSPS) is 18.7. The maximum Gasteiger partial charge on any atom is -0.00906 e. The van der Waals surface area contributed by atoms with E-state index < -0.39 is 0 Å². The Morgan fingerprint density at radius 2 is 1.92 bits per heavy atom. The zero-order valence-electron chi connectivity index (χ0n) is 8.52. The molecule has 0 spiro atoms. The molecule has 0 atom stereocenters. The zero-order valence-corrected chi connectivity index (χ0v) is 8.52. The summed E-state index contributed by atoms with van der Waals surface area (Å²) in [5, 5.41) is 0. The maximum absolute atomic E-state index is 2.29. The lowest BCUT2D eigenvalue weighted by Crippen LogP contribution is -1.86. The van der Waals surface area contributed by atoms with Crippen LogP contribution in [0.15, 0.2) is 23.8 Å². The fourth-order valence-corrected chi connectivity index (χ4v) is 1.76. The minimum atomic E-state index is 1.19. The van der Waals surface area contributed by atoms with Crippen LogP contribution in [0.4, 0.5) is 0 Å². The summed E-state index contributed by atoms with van der Waals surface area (Å²) < 4.78 is 0. The molecule has 0 saturated heterocycles. The first-order chi connectivity index (χ1) is 6.18. The summed E-state index contributed by atoms with van der Waals surface area (Å²) in [4.78, 5) is 0. The lowest BCUT2D eigenvalue weighted by atomic mass is 9.99. The highest BCUT2D eigenvalue weighted by atomic mass is 14.2. The third-order valence-corrected chi connectivity index (χ3v) is 2.68. The van der Waals surface area contributed by atoms with E-state index in [1.54, 1.807) is 0 Å². The highest BCUT2D eigenvalue weighted by Gasteiger charge is 2.16. The van der Waals surface area contributed by atoms with Crippen LogP contribution in [0.5, 0.6) is 0 Å². The summed E-state index contributed by atoms with van der Waals surface area (Å²) >= 11 is 0. The predicted molar refractivity (Wildman–Crippen MR) is 57.4 cm³/mol. The summed E-state index contributed by atoms with van der Waals surface area (Å²) in [6.45, 7) is 6.55. The predicted octanol–water partition coefficient (Wildman–Crippen LogP) is 3.68. The molecule has 0 aromatic heterocycles. The van der Waals surface area contributed by atoms with Crippen molar-refractivity contribution in [1.29, 1.82) is 0 Å². The minimum absolute atomic E-state index is 1.19. The van der Waals surface area contributed by atoms with Crippen molar-refractivity contribution >= 4 is 5.57 Å². The molecule has 1 fully saturated rings. The minimum Gasteiger partial charge on any atom is -0.0620 e. The second kappa shape index (κ2) is 3.02. The van der Waals surface area contributed by atoms with Crippen LogP contribution < -0.4 is 0 Å². The van der Waals surface area contributed by atoms with Gasteiger partial charge in [0.15, 0.2) is 0 Å². The molecule has 0 unspecified atom stereocenters. The molecule has 13 heavy (non-hydrogen) atoms. The zero-order chi connectivity index (χ0) is 9.42. The van der Waals surface area contributed by atoms with Crippen molar-refractivity contribution in [2.24, 2.45) is 0 Å². The van der Waals surface area contributed by atoms with Gasteiger partial charge >= 0.3 is 0 Å². The van der Waals surface area contributed by atoms with Gasteiger partial charge in [-0.05, 0) is 50.3 Å². The monoisotopic (exact) mass is 171 g/mol. The number of allylic oxidation sites excluding steroid dienone is 2. The van der Waals surface area contributed by atoms with Gasteiger partial charge in [0.05, 0.1) is 0 Å². The van der Waals surface area contributed by atoms with Gasteiger partial charge in [0.2, 0.25) is 0 Å². The molecule has 0 N–H and O–H groups in total. The number of rotatable bonds is 1. The van der Waals surface area contributed by atoms with Gasteiger partial charge in [0, 0.05) is 0 Å². The molecule has 1 aromatic carbocycles. The van der Waals surface area contributed by atoms with E-state index in [9.17, 15) is 0 Å². The van der Waals surface area contributed by atoms with Crippen molar-refractivity contribution in [3.63, 3.8) is 0 Å². The summed E-state index contributed by atoms with van der Waals surface area (Å²) in [5.74, 6) is 0. The smallest absolute Gasteiger partial charge is 0.00906 e. The maximum atomic E-state index is 2.29. The first kappa shape index (κ1) is 8.55. The number of hydrogen-bond acceptors (Lipinski definition) is 0. The van der Waals surface area contributed by atoms with Gasteiger partial charge in [-0.3, -0.25) is 0 Å². The van der Waals surface area contributed by atoms with Crippen molar-refractivity contribution in [2.45, 2.75) is 27.2 Å². The Kier molecular flexibility index (Phi) is 1.99. The standard InChI is InChI=1S/C13H15/c1-9-4-7-13(10(2)8-9)11(3)12-5-6-12/h4-5,7-8H,6H2,1-3H3. The molecule has 0 heterocycles. The van der Waals surface area contributed by atoms with Crippen molar-refractivity contribution < 1.29 is 0 Å². The molecule has 1 aromatic rings. The van der Waals surface area contributed by atoms with Gasteiger partial charge in [-0.15, -0.1) is 0 Å². The SMILES string of the molecule is CC(=C1[CH]C1)c1ccc(C)cc1C. The Morgan fingerprint density at radius 3 is 2.46 bits per heavy atom. The van der Waals surface area contributed by atoms with E-state index in [4.69, 9.17) is 0 Å². The van der Waals surface area contributed by atoms with Crippen LogP contribution in [0.2, 0.25) is 0 Å². The van der Waals surface area contributed by atoms with Crippen LogP contribution >= 0.6 is 0 Å². The highest BCUT2D eigenvalue weighted by Crippen LogP contribution is 2.35. The second-order valence-corrected chi connectivity index (χ2v) is 3.88. The van der Waals surface area contributed by atoms with E-state index in [1.807, 2.05) is 0 Å². The van der Waals surface area contributed by atoms with Crippen LogP contribution in [0, 0.1) is 20.3 Å². The molecule has 0 aliphatic heterocycles. The topological polar surface area (TPSA) is 0 Å². The van der Waals surface area contributed by atoms with E-state index in [2.05, 4.69) is 45.4 Å². The molecule has 0 nitrogen and oxygen atoms in total. The third kappa shape index (κ3) is 1.67. The molecule has 2 rings (SSSR count). The van der Waals surface area contributed by atoms with Crippen LogP contribution in [-0.4, -0.2) is 0 Å². The van der Waals surface area contributed by atoms with Crippen molar-refractivity contribution in [3.8, 4) is 0 Å². The molecular formula is C13H15. The van der Waals surface area contributed by atoms with Gasteiger partial charge in [0.1, 0.15) is 0 Å². The van der Waals surface area contributed by atoms with Crippen molar-refractivity contribution in [3.05, 3.63) is 46.9 Å². The first-order valence-corrected chi connectivity index (χ1v) is 4.79. The van der Waals surface area contributed by atoms with Gasteiger partial charge in [-0.25, -0.2) is 0 Å². The average molecular weight is 171 g/mol. The van der Waals surface area contributed by atoms with Gasteiger partial charge < -0.3 is 0 Å². The fraction of sp³-hybridized carbons (Fsp3) is 0.308. The molecule has 67 valence electrons. The fourth-order valence-electron chi connectivity index (χ4n) is 1.76. The van der Waals surface area contributed by atoms with Crippen molar-refractivity contribution in [2.75, 3.05) is 0 Å². The Hall–Kier alpha value is -1.04. The van der Waals surface area contributed by atoms with Crippen LogP contribution in [0.3, 0.4) is 0 Å². The van der Waals surface area contributed by atoms with Crippen LogP contribution in [-0.2, 0) is 0 Å². The first-order valence-electron chi connectivity index (χ1n) is 4.79. The molecule has 0 bridgehead atoms. The van der Waals surface area contributed by atoms with E-state index in [-0.39, 0.29) is 0 Å². The molecule has 1 aliphatic rings. The van der Waals surface area contributed by atoms with Crippen molar-refractivity contribution in [1.82, 2.24) is 0 Å². The summed E-state index contributed by atoms with van der Waals surface area (Å²) in [6, 6.07) is 6.68. The van der Waals surface area contributed by atoms with E-state index in [1.165, 1.54) is 34.3 Å². The Bertz CT molecular complexity index is 364. The van der Waals surface area contributed by atoms with Crippen LogP contribution in [0.1, 0.15) is 30.0 Å². The lowest BCUT2D eigenvalue weighted by molar-refractivity contribution is 1.34. The molecule has 1 aliphatic carbocycles. The summed E-state index contributed by atoms with van der Waals surface area (Å²) in [7, 11) is 0. The summed E-state index contributed by atoms with van der Waals surface area (Å²) in [6.07, 6.45) is 3.48.